The predicted octanol–water partition coefficient (Wildman–Crippen LogP) is 2.39. The quantitative estimate of drug-likeness (QED) is 0.597. The molecule has 0 saturated heterocycles. The first-order chi connectivity index (χ1) is 10.1. The Morgan fingerprint density at radius 3 is 2.71 bits per heavy atom. The molecule has 0 heterocycles. The van der Waals surface area contributed by atoms with E-state index in [-0.39, 0.29) is 30.9 Å². The molecule has 1 aromatic rings. The summed E-state index contributed by atoms with van der Waals surface area (Å²) in [7, 11) is 0. The van der Waals surface area contributed by atoms with Crippen molar-refractivity contribution in [2.24, 2.45) is 0 Å². The number of hydrogen-bond acceptors (Lipinski definition) is 3. The largest absolute Gasteiger partial charge is 0.465 e. The summed E-state index contributed by atoms with van der Waals surface area (Å²) in [5, 5.41) is 0. The van der Waals surface area contributed by atoms with E-state index in [0.29, 0.717) is 5.56 Å². The summed E-state index contributed by atoms with van der Waals surface area (Å²) >= 11 is 0. The van der Waals surface area contributed by atoms with E-state index < -0.39 is 5.97 Å². The van der Waals surface area contributed by atoms with Crippen molar-refractivity contribution in [3.63, 3.8) is 0 Å². The Kier molecular flexibility index (Phi) is 5.09. The Morgan fingerprint density at radius 2 is 2.10 bits per heavy atom. The molecule has 21 heavy (non-hydrogen) atoms. The second kappa shape index (κ2) is 7.02. The highest BCUT2D eigenvalue weighted by Gasteiger charge is 2.33. The molecule has 2 rings (SSSR count). The topological polar surface area (TPSA) is 46.6 Å². The van der Waals surface area contributed by atoms with Crippen LogP contribution in [0.5, 0.6) is 0 Å². The maximum atomic E-state index is 13.5. The van der Waals surface area contributed by atoms with Crippen LogP contribution in [0.2, 0.25) is 0 Å². The van der Waals surface area contributed by atoms with Crippen LogP contribution in [0.15, 0.2) is 30.3 Å². The van der Waals surface area contributed by atoms with E-state index in [4.69, 9.17) is 4.74 Å². The third-order valence-corrected chi connectivity index (χ3v) is 3.19. The fraction of sp³-hybridized carbons (Fsp3) is 0.375. The summed E-state index contributed by atoms with van der Waals surface area (Å²) < 4.78 is 18.3. The van der Waals surface area contributed by atoms with Gasteiger partial charge in [-0.05, 0) is 31.9 Å². The molecule has 0 aromatic heterocycles. The van der Waals surface area contributed by atoms with Crippen LogP contribution in [0.25, 0.3) is 6.08 Å². The monoisotopic (exact) mass is 291 g/mol. The summed E-state index contributed by atoms with van der Waals surface area (Å²) in [6.07, 6.45) is 4.51. The van der Waals surface area contributed by atoms with Crippen LogP contribution in [0.3, 0.4) is 0 Å². The van der Waals surface area contributed by atoms with Gasteiger partial charge >= 0.3 is 5.97 Å². The average molecular weight is 291 g/mol. The van der Waals surface area contributed by atoms with Gasteiger partial charge < -0.3 is 9.64 Å². The molecular formula is C16H18FNO3. The number of carbonyl (C=O) groups is 2. The summed E-state index contributed by atoms with van der Waals surface area (Å²) in [5.41, 5.74) is 0.345. The summed E-state index contributed by atoms with van der Waals surface area (Å²) in [4.78, 5) is 25.2. The smallest absolute Gasteiger partial charge is 0.325 e. The number of esters is 1. The fourth-order valence-corrected chi connectivity index (χ4v) is 1.99. The number of nitrogens with zero attached hydrogens (tertiary/aromatic N) is 1. The number of rotatable bonds is 6. The Labute approximate surface area is 123 Å². The van der Waals surface area contributed by atoms with Gasteiger partial charge in [-0.1, -0.05) is 18.2 Å². The van der Waals surface area contributed by atoms with Crippen LogP contribution < -0.4 is 0 Å². The fourth-order valence-electron chi connectivity index (χ4n) is 1.99. The Balaban J connectivity index is 2.02. The lowest BCUT2D eigenvalue weighted by molar-refractivity contribution is -0.148. The zero-order valence-corrected chi connectivity index (χ0v) is 11.9. The van der Waals surface area contributed by atoms with E-state index in [0.717, 1.165) is 12.8 Å². The Morgan fingerprint density at radius 1 is 1.38 bits per heavy atom. The molecule has 0 N–H and O–H groups in total. The van der Waals surface area contributed by atoms with E-state index in [9.17, 15) is 14.0 Å². The number of hydrogen-bond donors (Lipinski definition) is 0. The average Bonchev–Trinajstić information content (AvgIpc) is 3.28. The molecule has 0 atom stereocenters. The van der Waals surface area contributed by atoms with Crippen molar-refractivity contribution >= 4 is 18.0 Å². The highest BCUT2D eigenvalue weighted by atomic mass is 19.1. The molecule has 1 aromatic carbocycles. The molecule has 0 aliphatic heterocycles. The zero-order valence-electron chi connectivity index (χ0n) is 11.9. The van der Waals surface area contributed by atoms with Gasteiger partial charge in [0, 0.05) is 17.7 Å². The van der Waals surface area contributed by atoms with Crippen molar-refractivity contribution in [1.29, 1.82) is 0 Å². The number of amides is 1. The first kappa shape index (κ1) is 15.2. The van der Waals surface area contributed by atoms with Gasteiger partial charge in [0.25, 0.3) is 0 Å². The molecule has 112 valence electrons. The molecule has 0 radical (unpaired) electrons. The third-order valence-electron chi connectivity index (χ3n) is 3.19. The number of benzene rings is 1. The Hall–Kier alpha value is -2.17. The SMILES string of the molecule is CCOC(=O)CN(C(=O)C=Cc1ccccc1F)C1CC1. The van der Waals surface area contributed by atoms with Gasteiger partial charge in [-0.25, -0.2) is 4.39 Å². The van der Waals surface area contributed by atoms with Crippen LogP contribution >= 0.6 is 0 Å². The van der Waals surface area contributed by atoms with Gasteiger partial charge in [0.2, 0.25) is 5.91 Å². The molecule has 5 heteroatoms. The Bertz CT molecular complexity index is 552. The van der Waals surface area contributed by atoms with Crippen LogP contribution in [-0.4, -0.2) is 36.0 Å². The second-order valence-electron chi connectivity index (χ2n) is 4.86. The third kappa shape index (κ3) is 4.41. The lowest BCUT2D eigenvalue weighted by atomic mass is 10.2. The van der Waals surface area contributed by atoms with Crippen molar-refractivity contribution in [2.75, 3.05) is 13.2 Å². The van der Waals surface area contributed by atoms with Gasteiger partial charge in [0.05, 0.1) is 6.61 Å². The van der Waals surface area contributed by atoms with Crippen molar-refractivity contribution in [3.05, 3.63) is 41.7 Å². The van der Waals surface area contributed by atoms with Crippen molar-refractivity contribution in [1.82, 2.24) is 4.90 Å². The minimum Gasteiger partial charge on any atom is -0.465 e. The lowest BCUT2D eigenvalue weighted by Gasteiger charge is -2.19. The van der Waals surface area contributed by atoms with Gasteiger partial charge in [-0.2, -0.15) is 0 Å². The van der Waals surface area contributed by atoms with E-state index in [1.165, 1.54) is 23.1 Å². The van der Waals surface area contributed by atoms with E-state index in [2.05, 4.69) is 0 Å². The summed E-state index contributed by atoms with van der Waals surface area (Å²) in [5.74, 6) is -1.10. The van der Waals surface area contributed by atoms with Crippen molar-refractivity contribution in [2.45, 2.75) is 25.8 Å². The molecule has 1 aliphatic rings. The number of halogens is 1. The van der Waals surface area contributed by atoms with Crippen molar-refractivity contribution in [3.8, 4) is 0 Å². The lowest BCUT2D eigenvalue weighted by Crippen LogP contribution is -2.37. The van der Waals surface area contributed by atoms with Crippen molar-refractivity contribution < 1.29 is 18.7 Å². The zero-order chi connectivity index (χ0) is 15.2. The number of ether oxygens (including phenoxy) is 1. The summed E-state index contributed by atoms with van der Waals surface area (Å²) in [6, 6.07) is 6.30. The van der Waals surface area contributed by atoms with E-state index in [1.807, 2.05) is 0 Å². The molecule has 0 bridgehead atoms. The summed E-state index contributed by atoms with van der Waals surface area (Å²) in [6.45, 7) is 1.95. The first-order valence-electron chi connectivity index (χ1n) is 7.00. The molecule has 0 spiro atoms. The number of carbonyl (C=O) groups excluding carboxylic acids is 2. The van der Waals surface area contributed by atoms with Gasteiger partial charge in [-0.15, -0.1) is 0 Å². The molecule has 1 saturated carbocycles. The van der Waals surface area contributed by atoms with Crippen LogP contribution in [0.4, 0.5) is 4.39 Å². The van der Waals surface area contributed by atoms with Gasteiger partial charge in [0.15, 0.2) is 0 Å². The minimum absolute atomic E-state index is 0.0566. The van der Waals surface area contributed by atoms with Gasteiger partial charge in [0.1, 0.15) is 12.4 Å². The highest BCUT2D eigenvalue weighted by Crippen LogP contribution is 2.27. The standard InChI is InChI=1S/C16H18FNO3/c1-2-21-16(20)11-18(13-8-9-13)15(19)10-7-12-5-3-4-6-14(12)17/h3-7,10,13H,2,8-9,11H2,1H3. The molecule has 1 aliphatic carbocycles. The molecule has 0 unspecified atom stereocenters. The second-order valence-corrected chi connectivity index (χ2v) is 4.86. The molecular weight excluding hydrogens is 273 g/mol. The van der Waals surface area contributed by atoms with E-state index in [1.54, 1.807) is 25.1 Å². The van der Waals surface area contributed by atoms with Crippen LogP contribution in [-0.2, 0) is 14.3 Å². The highest BCUT2D eigenvalue weighted by molar-refractivity contribution is 5.94. The van der Waals surface area contributed by atoms with Gasteiger partial charge in [-0.3, -0.25) is 9.59 Å². The predicted molar refractivity (Wildman–Crippen MR) is 76.8 cm³/mol. The molecule has 1 fully saturated rings. The first-order valence-corrected chi connectivity index (χ1v) is 7.00. The van der Waals surface area contributed by atoms with E-state index >= 15 is 0 Å². The van der Waals surface area contributed by atoms with Crippen LogP contribution in [0, 0.1) is 5.82 Å². The normalized spacial score (nSPS) is 14.2. The molecule has 4 nitrogen and oxygen atoms in total. The minimum atomic E-state index is -0.419. The maximum Gasteiger partial charge on any atom is 0.325 e. The van der Waals surface area contributed by atoms with Crippen LogP contribution in [0.1, 0.15) is 25.3 Å². The molecule has 1 amide bonds. The maximum absolute atomic E-state index is 13.5.